The Labute approximate surface area is 120 Å². The van der Waals surface area contributed by atoms with Crippen molar-refractivity contribution in [1.29, 1.82) is 0 Å². The maximum absolute atomic E-state index is 13.8. The van der Waals surface area contributed by atoms with Gasteiger partial charge in [-0.1, -0.05) is 18.2 Å². The minimum absolute atomic E-state index is 0.0278. The molecule has 0 radical (unpaired) electrons. The molecule has 4 nitrogen and oxygen atoms in total. The van der Waals surface area contributed by atoms with Crippen LogP contribution in [0.1, 0.15) is 18.0 Å². The highest BCUT2D eigenvalue weighted by Crippen LogP contribution is 2.19. The summed E-state index contributed by atoms with van der Waals surface area (Å²) in [6, 6.07) is 6.80. The zero-order chi connectivity index (χ0) is 14.8. The number of methoxy groups -OCH3 is 1. The van der Waals surface area contributed by atoms with Gasteiger partial charge in [0.05, 0.1) is 13.2 Å². The topological polar surface area (TPSA) is 44.7 Å². The fourth-order valence-corrected chi connectivity index (χ4v) is 2.22. The number of aliphatic hydroxyl groups is 1. The lowest BCUT2D eigenvalue weighted by Crippen LogP contribution is -2.33. The van der Waals surface area contributed by atoms with Crippen molar-refractivity contribution in [3.63, 3.8) is 0 Å². The molecule has 1 aromatic carbocycles. The third-order valence-corrected chi connectivity index (χ3v) is 3.39. The van der Waals surface area contributed by atoms with Crippen LogP contribution >= 0.6 is 0 Å². The van der Waals surface area contributed by atoms with Gasteiger partial charge in [0.25, 0.3) is 0 Å². The minimum Gasteiger partial charge on any atom is -0.395 e. The maximum Gasteiger partial charge on any atom is 0.127 e. The molecule has 0 aliphatic rings. The van der Waals surface area contributed by atoms with Crippen molar-refractivity contribution < 1.29 is 14.2 Å². The maximum atomic E-state index is 13.8. The van der Waals surface area contributed by atoms with E-state index in [1.165, 1.54) is 6.07 Å². The van der Waals surface area contributed by atoms with Gasteiger partial charge in [0.15, 0.2) is 0 Å². The Morgan fingerprint density at radius 2 is 2.05 bits per heavy atom. The smallest absolute Gasteiger partial charge is 0.127 e. The van der Waals surface area contributed by atoms with Crippen LogP contribution in [0.25, 0.3) is 0 Å². The highest BCUT2D eigenvalue weighted by atomic mass is 19.1. The van der Waals surface area contributed by atoms with Crippen molar-refractivity contribution in [1.82, 2.24) is 10.2 Å². The van der Waals surface area contributed by atoms with E-state index in [4.69, 9.17) is 9.84 Å². The van der Waals surface area contributed by atoms with E-state index < -0.39 is 0 Å². The molecule has 0 heterocycles. The van der Waals surface area contributed by atoms with Gasteiger partial charge < -0.3 is 15.2 Å². The predicted molar refractivity (Wildman–Crippen MR) is 78.2 cm³/mol. The summed E-state index contributed by atoms with van der Waals surface area (Å²) in [5.74, 6) is -0.183. The zero-order valence-electron chi connectivity index (χ0n) is 12.3. The molecule has 0 bridgehead atoms. The van der Waals surface area contributed by atoms with Crippen molar-refractivity contribution in [3.8, 4) is 0 Å². The van der Waals surface area contributed by atoms with E-state index in [1.54, 1.807) is 13.2 Å². The van der Waals surface area contributed by atoms with Crippen molar-refractivity contribution >= 4 is 0 Å². The van der Waals surface area contributed by atoms with Crippen molar-refractivity contribution in [2.75, 3.05) is 47.0 Å². The fourth-order valence-electron chi connectivity index (χ4n) is 2.22. The molecule has 1 unspecified atom stereocenters. The predicted octanol–water partition coefficient (Wildman–Crippen LogP) is 1.42. The Hall–Kier alpha value is -1.01. The van der Waals surface area contributed by atoms with Crippen LogP contribution in [0.2, 0.25) is 0 Å². The molecular weight excluding hydrogens is 259 g/mol. The largest absolute Gasteiger partial charge is 0.395 e. The number of aliphatic hydroxyl groups excluding tert-OH is 1. The van der Waals surface area contributed by atoms with Gasteiger partial charge in [0.2, 0.25) is 0 Å². The first kappa shape index (κ1) is 17.0. The van der Waals surface area contributed by atoms with Crippen LogP contribution in [-0.4, -0.2) is 57.0 Å². The molecule has 0 fully saturated rings. The van der Waals surface area contributed by atoms with Crippen LogP contribution < -0.4 is 5.32 Å². The molecule has 0 amide bonds. The molecule has 0 spiro atoms. The van der Waals surface area contributed by atoms with E-state index in [0.717, 1.165) is 19.5 Å². The lowest BCUT2D eigenvalue weighted by molar-refractivity contribution is 0.128. The second-order valence-corrected chi connectivity index (χ2v) is 4.71. The summed E-state index contributed by atoms with van der Waals surface area (Å²) in [6.45, 7) is 2.91. The molecule has 0 aliphatic carbocycles. The molecule has 0 aromatic heterocycles. The van der Waals surface area contributed by atoms with Crippen LogP contribution in [0.15, 0.2) is 24.3 Å². The highest BCUT2D eigenvalue weighted by Gasteiger charge is 2.15. The Bertz CT molecular complexity index is 377. The van der Waals surface area contributed by atoms with Crippen LogP contribution in [0.3, 0.4) is 0 Å². The van der Waals surface area contributed by atoms with Crippen LogP contribution in [0.5, 0.6) is 0 Å². The average molecular weight is 284 g/mol. The quantitative estimate of drug-likeness (QED) is 0.682. The molecule has 1 atom stereocenters. The molecule has 5 heteroatoms. The van der Waals surface area contributed by atoms with Crippen molar-refractivity contribution in [2.24, 2.45) is 0 Å². The van der Waals surface area contributed by atoms with Crippen LogP contribution in [-0.2, 0) is 4.74 Å². The van der Waals surface area contributed by atoms with Gasteiger partial charge in [-0.2, -0.15) is 0 Å². The number of nitrogens with one attached hydrogen (secondary N) is 1. The number of hydrogen-bond acceptors (Lipinski definition) is 4. The number of rotatable bonds is 10. The molecule has 0 aliphatic heterocycles. The summed E-state index contributed by atoms with van der Waals surface area (Å²) >= 11 is 0. The molecule has 0 saturated heterocycles. The lowest BCUT2D eigenvalue weighted by atomic mass is 10.0. The molecule has 1 rings (SSSR count). The van der Waals surface area contributed by atoms with E-state index in [1.807, 2.05) is 19.2 Å². The normalized spacial score (nSPS) is 12.8. The summed E-state index contributed by atoms with van der Waals surface area (Å²) in [5, 5.41) is 12.2. The molecule has 114 valence electrons. The Morgan fingerprint density at radius 1 is 1.30 bits per heavy atom. The summed E-state index contributed by atoms with van der Waals surface area (Å²) in [5.41, 5.74) is 0.686. The first-order valence-corrected chi connectivity index (χ1v) is 6.96. The Morgan fingerprint density at radius 3 is 2.65 bits per heavy atom. The minimum atomic E-state index is -0.183. The van der Waals surface area contributed by atoms with Gasteiger partial charge in [0.1, 0.15) is 5.82 Å². The molecular formula is C15H25FN2O2. The van der Waals surface area contributed by atoms with Crippen molar-refractivity contribution in [2.45, 2.75) is 12.5 Å². The standard InChI is InChI=1S/C15H25FN2O2/c1-17-15(13-5-3-4-6-14(13)16)7-8-18(9-11-19)10-12-20-2/h3-6,15,17,19H,7-12H2,1-2H3. The first-order chi connectivity index (χ1) is 9.72. The number of halogens is 1. The third-order valence-electron chi connectivity index (χ3n) is 3.39. The van der Waals surface area contributed by atoms with Gasteiger partial charge in [-0.3, -0.25) is 4.90 Å². The van der Waals surface area contributed by atoms with Gasteiger partial charge >= 0.3 is 0 Å². The SMILES string of the molecule is CNC(CCN(CCO)CCOC)c1ccccc1F. The fraction of sp³-hybridized carbons (Fsp3) is 0.600. The summed E-state index contributed by atoms with van der Waals surface area (Å²) in [4.78, 5) is 2.12. The van der Waals surface area contributed by atoms with Gasteiger partial charge in [-0.15, -0.1) is 0 Å². The number of hydrogen-bond donors (Lipinski definition) is 2. The van der Waals surface area contributed by atoms with E-state index in [2.05, 4.69) is 10.2 Å². The van der Waals surface area contributed by atoms with E-state index in [0.29, 0.717) is 18.7 Å². The average Bonchev–Trinajstić information content (AvgIpc) is 2.46. The van der Waals surface area contributed by atoms with Crippen LogP contribution in [0.4, 0.5) is 4.39 Å². The van der Waals surface area contributed by atoms with E-state index in [-0.39, 0.29) is 18.5 Å². The molecule has 0 saturated carbocycles. The second kappa shape index (κ2) is 9.83. The van der Waals surface area contributed by atoms with Crippen molar-refractivity contribution in [3.05, 3.63) is 35.6 Å². The van der Waals surface area contributed by atoms with Gasteiger partial charge in [0, 0.05) is 38.3 Å². The molecule has 20 heavy (non-hydrogen) atoms. The summed E-state index contributed by atoms with van der Waals surface area (Å²) in [6.07, 6.45) is 0.779. The molecule has 2 N–H and O–H groups in total. The highest BCUT2D eigenvalue weighted by molar-refractivity contribution is 5.21. The first-order valence-electron chi connectivity index (χ1n) is 6.96. The zero-order valence-corrected chi connectivity index (χ0v) is 12.3. The van der Waals surface area contributed by atoms with Gasteiger partial charge in [-0.05, 0) is 19.5 Å². The monoisotopic (exact) mass is 284 g/mol. The molecule has 1 aromatic rings. The van der Waals surface area contributed by atoms with E-state index >= 15 is 0 Å². The number of ether oxygens (including phenoxy) is 1. The third kappa shape index (κ3) is 5.54. The lowest BCUT2D eigenvalue weighted by Gasteiger charge is -2.24. The number of nitrogens with zero attached hydrogens (tertiary/aromatic N) is 1. The second-order valence-electron chi connectivity index (χ2n) is 4.71. The Kier molecular flexibility index (Phi) is 8.37. The number of benzene rings is 1. The summed E-state index contributed by atoms with van der Waals surface area (Å²) < 4.78 is 18.8. The Balaban J connectivity index is 2.57. The van der Waals surface area contributed by atoms with Crippen LogP contribution in [0, 0.1) is 5.82 Å². The van der Waals surface area contributed by atoms with Gasteiger partial charge in [-0.25, -0.2) is 4.39 Å². The summed E-state index contributed by atoms with van der Waals surface area (Å²) in [7, 11) is 3.50. The van der Waals surface area contributed by atoms with E-state index in [9.17, 15) is 4.39 Å².